The van der Waals surface area contributed by atoms with Crippen LogP contribution >= 0.6 is 0 Å². The highest BCUT2D eigenvalue weighted by molar-refractivity contribution is 5.05. The molecule has 0 spiro atoms. The van der Waals surface area contributed by atoms with Gasteiger partial charge in [-0.15, -0.1) is 0 Å². The van der Waals surface area contributed by atoms with E-state index in [1.807, 2.05) is 12.3 Å². The van der Waals surface area contributed by atoms with Gasteiger partial charge in [-0.2, -0.15) is 0 Å². The van der Waals surface area contributed by atoms with Crippen molar-refractivity contribution in [3.63, 3.8) is 0 Å². The summed E-state index contributed by atoms with van der Waals surface area (Å²) in [5.41, 5.74) is 1.14. The lowest BCUT2D eigenvalue weighted by Gasteiger charge is -2.09. The van der Waals surface area contributed by atoms with E-state index in [-0.39, 0.29) is 6.04 Å². The molecule has 0 aliphatic rings. The van der Waals surface area contributed by atoms with E-state index in [4.69, 9.17) is 4.42 Å². The number of nitrogens with zero attached hydrogens (tertiary/aromatic N) is 1. The Hall–Kier alpha value is -1.55. The van der Waals surface area contributed by atoms with Gasteiger partial charge in [-0.25, -0.2) is 4.98 Å². The Balaban J connectivity index is 1.87. The maximum Gasteiger partial charge on any atom is 0.122 e. The highest BCUT2D eigenvalue weighted by atomic mass is 16.3. The van der Waals surface area contributed by atoms with Crippen LogP contribution in [0.2, 0.25) is 0 Å². The Morgan fingerprint density at radius 2 is 2.57 bits per heavy atom. The first-order valence-corrected chi connectivity index (χ1v) is 4.60. The van der Waals surface area contributed by atoms with Crippen molar-refractivity contribution in [1.82, 2.24) is 15.3 Å². The fourth-order valence-corrected chi connectivity index (χ4v) is 1.28. The van der Waals surface area contributed by atoms with Gasteiger partial charge in [0.2, 0.25) is 0 Å². The molecule has 2 aromatic rings. The van der Waals surface area contributed by atoms with Gasteiger partial charge in [-0.05, 0) is 13.0 Å². The molecule has 0 aliphatic carbocycles. The Bertz CT molecular complexity index is 353. The topological polar surface area (TPSA) is 53.9 Å². The minimum atomic E-state index is 0.222. The predicted molar refractivity (Wildman–Crippen MR) is 52.6 cm³/mol. The van der Waals surface area contributed by atoms with Gasteiger partial charge in [-0.3, -0.25) is 0 Å². The summed E-state index contributed by atoms with van der Waals surface area (Å²) in [6, 6.07) is 2.17. The summed E-state index contributed by atoms with van der Waals surface area (Å²) in [6.07, 6.45) is 6.99. The molecule has 0 aromatic carbocycles. The summed E-state index contributed by atoms with van der Waals surface area (Å²) in [4.78, 5) is 7.24. The average Bonchev–Trinajstić information content (AvgIpc) is 2.87. The lowest BCUT2D eigenvalue weighted by molar-refractivity contribution is 0.535. The maximum absolute atomic E-state index is 4.97. The molecular weight excluding hydrogens is 178 g/mol. The number of aromatic amines is 1. The molecule has 4 nitrogen and oxygen atoms in total. The third kappa shape index (κ3) is 2.03. The standard InChI is InChI=1S/C10H13N3O/c1-8(10-11-3-4-12-10)13-6-9-2-5-14-7-9/h2-5,7-8,13H,6H2,1H3,(H,11,12). The molecule has 14 heavy (non-hydrogen) atoms. The first-order valence-electron chi connectivity index (χ1n) is 4.60. The van der Waals surface area contributed by atoms with Gasteiger partial charge >= 0.3 is 0 Å². The molecule has 1 unspecified atom stereocenters. The van der Waals surface area contributed by atoms with E-state index in [1.165, 1.54) is 0 Å². The van der Waals surface area contributed by atoms with Crippen LogP contribution in [0.15, 0.2) is 35.4 Å². The van der Waals surface area contributed by atoms with Crippen LogP contribution in [0.3, 0.4) is 0 Å². The van der Waals surface area contributed by atoms with E-state index in [0.29, 0.717) is 0 Å². The van der Waals surface area contributed by atoms with Gasteiger partial charge < -0.3 is 14.7 Å². The quantitative estimate of drug-likeness (QED) is 0.775. The number of nitrogens with one attached hydrogen (secondary N) is 2. The molecule has 0 saturated carbocycles. The molecule has 0 fully saturated rings. The van der Waals surface area contributed by atoms with Crippen LogP contribution in [0.4, 0.5) is 0 Å². The van der Waals surface area contributed by atoms with Gasteiger partial charge in [0, 0.05) is 24.5 Å². The summed E-state index contributed by atoms with van der Waals surface area (Å²) >= 11 is 0. The summed E-state index contributed by atoms with van der Waals surface area (Å²) in [7, 11) is 0. The normalized spacial score (nSPS) is 12.9. The zero-order valence-corrected chi connectivity index (χ0v) is 8.03. The van der Waals surface area contributed by atoms with E-state index in [9.17, 15) is 0 Å². The van der Waals surface area contributed by atoms with Crippen LogP contribution in [0.25, 0.3) is 0 Å². The monoisotopic (exact) mass is 191 g/mol. The van der Waals surface area contributed by atoms with E-state index >= 15 is 0 Å². The first kappa shape index (κ1) is 9.02. The van der Waals surface area contributed by atoms with Crippen LogP contribution in [0, 0.1) is 0 Å². The summed E-state index contributed by atoms with van der Waals surface area (Å²) in [6.45, 7) is 2.86. The van der Waals surface area contributed by atoms with Crippen LogP contribution in [-0.2, 0) is 6.54 Å². The number of hydrogen-bond acceptors (Lipinski definition) is 3. The summed E-state index contributed by atoms with van der Waals surface area (Å²) < 4.78 is 4.97. The molecule has 0 radical (unpaired) electrons. The lowest BCUT2D eigenvalue weighted by atomic mass is 10.3. The molecule has 74 valence electrons. The Morgan fingerprint density at radius 3 is 3.21 bits per heavy atom. The fraction of sp³-hybridized carbons (Fsp3) is 0.300. The molecular formula is C10H13N3O. The van der Waals surface area contributed by atoms with Crippen molar-refractivity contribution in [2.45, 2.75) is 19.5 Å². The smallest absolute Gasteiger partial charge is 0.122 e. The largest absolute Gasteiger partial charge is 0.472 e. The van der Waals surface area contributed by atoms with Crippen LogP contribution in [0.5, 0.6) is 0 Å². The highest BCUT2D eigenvalue weighted by Crippen LogP contribution is 2.07. The number of H-pyrrole nitrogens is 1. The maximum atomic E-state index is 4.97. The fourth-order valence-electron chi connectivity index (χ4n) is 1.28. The molecule has 0 bridgehead atoms. The molecule has 2 heterocycles. The van der Waals surface area contributed by atoms with Crippen molar-refractivity contribution in [3.05, 3.63) is 42.4 Å². The first-order chi connectivity index (χ1) is 6.86. The molecule has 2 aromatic heterocycles. The minimum Gasteiger partial charge on any atom is -0.472 e. The van der Waals surface area contributed by atoms with Gasteiger partial charge in [0.05, 0.1) is 18.6 Å². The molecule has 0 saturated heterocycles. The van der Waals surface area contributed by atoms with Crippen molar-refractivity contribution in [1.29, 1.82) is 0 Å². The van der Waals surface area contributed by atoms with E-state index in [2.05, 4.69) is 22.2 Å². The second kappa shape index (κ2) is 4.11. The van der Waals surface area contributed by atoms with Crippen LogP contribution < -0.4 is 5.32 Å². The molecule has 1 atom stereocenters. The lowest BCUT2D eigenvalue weighted by Crippen LogP contribution is -2.18. The Morgan fingerprint density at radius 1 is 1.64 bits per heavy atom. The van der Waals surface area contributed by atoms with Crippen molar-refractivity contribution in [2.75, 3.05) is 0 Å². The number of imidazole rings is 1. The second-order valence-corrected chi connectivity index (χ2v) is 3.21. The second-order valence-electron chi connectivity index (χ2n) is 3.21. The summed E-state index contributed by atoms with van der Waals surface area (Å²) in [5.74, 6) is 0.952. The zero-order valence-electron chi connectivity index (χ0n) is 8.03. The van der Waals surface area contributed by atoms with Gasteiger partial charge in [0.25, 0.3) is 0 Å². The summed E-state index contributed by atoms with van der Waals surface area (Å²) in [5, 5.41) is 3.33. The molecule has 2 N–H and O–H groups in total. The minimum absolute atomic E-state index is 0.222. The van der Waals surface area contributed by atoms with E-state index < -0.39 is 0 Å². The van der Waals surface area contributed by atoms with Crippen molar-refractivity contribution < 1.29 is 4.42 Å². The van der Waals surface area contributed by atoms with Gasteiger partial charge in [0.1, 0.15) is 5.82 Å². The van der Waals surface area contributed by atoms with Crippen LogP contribution in [-0.4, -0.2) is 9.97 Å². The predicted octanol–water partition coefficient (Wildman–Crippen LogP) is 1.85. The zero-order chi connectivity index (χ0) is 9.80. The number of hydrogen-bond donors (Lipinski definition) is 2. The molecule has 0 aliphatic heterocycles. The Labute approximate surface area is 82.4 Å². The Kier molecular flexibility index (Phi) is 2.65. The number of aromatic nitrogens is 2. The van der Waals surface area contributed by atoms with Gasteiger partial charge in [0.15, 0.2) is 0 Å². The van der Waals surface area contributed by atoms with Crippen molar-refractivity contribution >= 4 is 0 Å². The average molecular weight is 191 g/mol. The number of furan rings is 1. The molecule has 2 rings (SSSR count). The van der Waals surface area contributed by atoms with Crippen molar-refractivity contribution in [2.24, 2.45) is 0 Å². The molecule has 0 amide bonds. The third-order valence-electron chi connectivity index (χ3n) is 2.12. The van der Waals surface area contributed by atoms with Crippen molar-refractivity contribution in [3.8, 4) is 0 Å². The highest BCUT2D eigenvalue weighted by Gasteiger charge is 2.06. The number of rotatable bonds is 4. The van der Waals surface area contributed by atoms with E-state index in [1.54, 1.807) is 18.7 Å². The van der Waals surface area contributed by atoms with Crippen LogP contribution in [0.1, 0.15) is 24.4 Å². The third-order valence-corrected chi connectivity index (χ3v) is 2.12. The van der Waals surface area contributed by atoms with Gasteiger partial charge in [-0.1, -0.05) is 0 Å². The SMILES string of the molecule is CC(NCc1ccoc1)c1ncc[nH]1. The molecule has 4 heteroatoms. The van der Waals surface area contributed by atoms with E-state index in [0.717, 1.165) is 17.9 Å².